The van der Waals surface area contributed by atoms with Crippen LogP contribution in [0.15, 0.2) is 18.2 Å². The van der Waals surface area contributed by atoms with Crippen molar-refractivity contribution in [3.05, 3.63) is 29.8 Å². The van der Waals surface area contributed by atoms with Crippen molar-refractivity contribution >= 4 is 11.0 Å². The molecule has 2 heterocycles. The minimum atomic E-state index is -0.179. The normalized spacial score (nSPS) is 15.2. The van der Waals surface area contributed by atoms with Crippen LogP contribution < -0.4 is 0 Å². The Morgan fingerprint density at radius 3 is 3.23 bits per heavy atom. The largest absolute Gasteiger partial charge is 0.328 e. The maximum absolute atomic E-state index is 12.9. The topological polar surface area (TPSA) is 17.8 Å². The van der Waals surface area contributed by atoms with Gasteiger partial charge in [0.2, 0.25) is 0 Å². The monoisotopic (exact) mass is 176 g/mol. The molecule has 0 atom stereocenters. The van der Waals surface area contributed by atoms with Gasteiger partial charge in [0.15, 0.2) is 0 Å². The molecule has 1 aliphatic heterocycles. The Bertz CT molecular complexity index is 473. The van der Waals surface area contributed by atoms with Gasteiger partial charge >= 0.3 is 0 Å². The van der Waals surface area contributed by atoms with Gasteiger partial charge in [-0.3, -0.25) is 0 Å². The third-order valence-corrected chi connectivity index (χ3v) is 2.57. The fourth-order valence-corrected chi connectivity index (χ4v) is 1.98. The number of nitrogens with zero attached hydrogens (tertiary/aromatic N) is 2. The summed E-state index contributed by atoms with van der Waals surface area (Å²) < 4.78 is 15.1. The number of hydrogen-bond acceptors (Lipinski definition) is 1. The molecule has 1 aromatic heterocycles. The van der Waals surface area contributed by atoms with Crippen LogP contribution in [0, 0.1) is 5.82 Å². The number of rotatable bonds is 0. The van der Waals surface area contributed by atoms with E-state index in [9.17, 15) is 4.39 Å². The summed E-state index contributed by atoms with van der Waals surface area (Å²) >= 11 is 0. The minimum absolute atomic E-state index is 0.179. The molecule has 0 saturated heterocycles. The fourth-order valence-electron chi connectivity index (χ4n) is 1.98. The highest BCUT2D eigenvalue weighted by Gasteiger charge is 2.15. The number of imidazole rings is 1. The van der Waals surface area contributed by atoms with E-state index in [-0.39, 0.29) is 5.82 Å². The van der Waals surface area contributed by atoms with Gasteiger partial charge in [-0.2, -0.15) is 0 Å². The summed E-state index contributed by atoms with van der Waals surface area (Å²) in [5, 5.41) is 0. The average Bonchev–Trinajstić information content (AvgIpc) is 2.64. The van der Waals surface area contributed by atoms with Gasteiger partial charge in [-0.25, -0.2) is 9.37 Å². The number of benzene rings is 1. The molecule has 0 N–H and O–H groups in total. The van der Waals surface area contributed by atoms with Gasteiger partial charge in [-0.1, -0.05) is 0 Å². The second kappa shape index (κ2) is 2.31. The summed E-state index contributed by atoms with van der Waals surface area (Å²) in [5.41, 5.74) is 1.85. The molecular formula is C10H9FN2. The summed E-state index contributed by atoms with van der Waals surface area (Å²) in [7, 11) is 0. The molecule has 0 fully saturated rings. The van der Waals surface area contributed by atoms with Crippen LogP contribution in [0.4, 0.5) is 4.39 Å². The van der Waals surface area contributed by atoms with E-state index in [1.54, 1.807) is 12.1 Å². The second-order valence-corrected chi connectivity index (χ2v) is 3.42. The predicted molar refractivity (Wildman–Crippen MR) is 48.0 cm³/mol. The fraction of sp³-hybridized carbons (Fsp3) is 0.300. The minimum Gasteiger partial charge on any atom is -0.328 e. The van der Waals surface area contributed by atoms with Crippen molar-refractivity contribution in [3.63, 3.8) is 0 Å². The van der Waals surface area contributed by atoms with Gasteiger partial charge in [0, 0.05) is 13.0 Å². The number of hydrogen-bond donors (Lipinski definition) is 0. The lowest BCUT2D eigenvalue weighted by atomic mass is 10.3. The summed E-state index contributed by atoms with van der Waals surface area (Å²) in [6.07, 6.45) is 2.16. The van der Waals surface area contributed by atoms with Crippen LogP contribution in [0.3, 0.4) is 0 Å². The highest BCUT2D eigenvalue weighted by Crippen LogP contribution is 2.22. The molecule has 3 rings (SSSR count). The standard InChI is InChI=1S/C10H9FN2/c11-7-3-4-8-9(6-7)13-5-1-2-10(13)12-8/h3-4,6H,1-2,5H2. The first-order chi connectivity index (χ1) is 6.34. The zero-order chi connectivity index (χ0) is 8.84. The van der Waals surface area contributed by atoms with Crippen LogP contribution in [0.1, 0.15) is 12.2 Å². The van der Waals surface area contributed by atoms with Crippen molar-refractivity contribution in [2.24, 2.45) is 0 Å². The zero-order valence-corrected chi connectivity index (χ0v) is 7.13. The third-order valence-electron chi connectivity index (χ3n) is 2.57. The number of aryl methyl sites for hydroxylation is 2. The van der Waals surface area contributed by atoms with E-state index in [0.717, 1.165) is 36.2 Å². The Balaban J connectivity index is 2.40. The number of aromatic nitrogens is 2. The summed E-state index contributed by atoms with van der Waals surface area (Å²) in [4.78, 5) is 4.43. The molecular weight excluding hydrogens is 167 g/mol. The van der Waals surface area contributed by atoms with Gasteiger partial charge in [-0.15, -0.1) is 0 Å². The first-order valence-corrected chi connectivity index (χ1v) is 4.49. The number of fused-ring (bicyclic) bond motifs is 3. The summed E-state index contributed by atoms with van der Waals surface area (Å²) in [6.45, 7) is 0.981. The Morgan fingerprint density at radius 1 is 1.38 bits per heavy atom. The molecule has 2 nitrogen and oxygen atoms in total. The van der Waals surface area contributed by atoms with Gasteiger partial charge in [0.05, 0.1) is 11.0 Å². The van der Waals surface area contributed by atoms with E-state index in [0.29, 0.717) is 0 Å². The van der Waals surface area contributed by atoms with Crippen molar-refractivity contribution in [2.75, 3.05) is 0 Å². The summed E-state index contributed by atoms with van der Waals surface area (Å²) in [5.74, 6) is 0.919. The lowest BCUT2D eigenvalue weighted by Crippen LogP contribution is -1.91. The molecule has 2 aromatic rings. The van der Waals surface area contributed by atoms with E-state index < -0.39 is 0 Å². The zero-order valence-electron chi connectivity index (χ0n) is 7.13. The second-order valence-electron chi connectivity index (χ2n) is 3.42. The van der Waals surface area contributed by atoms with Gasteiger partial charge < -0.3 is 4.57 Å². The van der Waals surface area contributed by atoms with Crippen molar-refractivity contribution in [1.82, 2.24) is 9.55 Å². The summed E-state index contributed by atoms with van der Waals surface area (Å²) in [6, 6.07) is 4.78. The molecule has 66 valence electrons. The molecule has 0 bridgehead atoms. The highest BCUT2D eigenvalue weighted by molar-refractivity contribution is 5.76. The van der Waals surface area contributed by atoms with Crippen LogP contribution in [0.2, 0.25) is 0 Å². The van der Waals surface area contributed by atoms with E-state index in [1.165, 1.54) is 6.07 Å². The molecule has 13 heavy (non-hydrogen) atoms. The van der Waals surface area contributed by atoms with Crippen molar-refractivity contribution in [3.8, 4) is 0 Å². The molecule has 0 amide bonds. The Kier molecular flexibility index (Phi) is 1.26. The molecule has 0 aliphatic carbocycles. The lowest BCUT2D eigenvalue weighted by molar-refractivity contribution is 0.628. The highest BCUT2D eigenvalue weighted by atomic mass is 19.1. The Labute approximate surface area is 75.0 Å². The Hall–Kier alpha value is -1.38. The average molecular weight is 176 g/mol. The van der Waals surface area contributed by atoms with Crippen LogP contribution >= 0.6 is 0 Å². The van der Waals surface area contributed by atoms with Crippen LogP contribution in [0.25, 0.3) is 11.0 Å². The SMILES string of the molecule is Fc1ccc2nc3n(c2c1)CCC3. The van der Waals surface area contributed by atoms with E-state index in [4.69, 9.17) is 0 Å². The smallest absolute Gasteiger partial charge is 0.125 e. The van der Waals surface area contributed by atoms with Gasteiger partial charge in [0.25, 0.3) is 0 Å². The van der Waals surface area contributed by atoms with Crippen LogP contribution in [-0.2, 0) is 13.0 Å². The molecule has 1 aliphatic rings. The van der Waals surface area contributed by atoms with E-state index in [1.807, 2.05) is 0 Å². The Morgan fingerprint density at radius 2 is 2.31 bits per heavy atom. The molecule has 0 spiro atoms. The first-order valence-electron chi connectivity index (χ1n) is 4.49. The van der Waals surface area contributed by atoms with Crippen LogP contribution in [0.5, 0.6) is 0 Å². The molecule has 3 heteroatoms. The quantitative estimate of drug-likeness (QED) is 0.601. The molecule has 0 radical (unpaired) electrons. The van der Waals surface area contributed by atoms with Crippen molar-refractivity contribution in [2.45, 2.75) is 19.4 Å². The van der Waals surface area contributed by atoms with Crippen molar-refractivity contribution in [1.29, 1.82) is 0 Å². The van der Waals surface area contributed by atoms with E-state index in [2.05, 4.69) is 9.55 Å². The molecule has 0 saturated carbocycles. The lowest BCUT2D eigenvalue weighted by Gasteiger charge is -1.97. The maximum Gasteiger partial charge on any atom is 0.125 e. The predicted octanol–water partition coefficient (Wildman–Crippen LogP) is 2.12. The first kappa shape index (κ1) is 7.06. The van der Waals surface area contributed by atoms with E-state index >= 15 is 0 Å². The van der Waals surface area contributed by atoms with Crippen molar-refractivity contribution < 1.29 is 4.39 Å². The third kappa shape index (κ3) is 0.899. The number of halogens is 1. The maximum atomic E-state index is 12.9. The van der Waals surface area contributed by atoms with Gasteiger partial charge in [0.1, 0.15) is 11.6 Å². The molecule has 1 aromatic carbocycles. The molecule has 0 unspecified atom stereocenters. The van der Waals surface area contributed by atoms with Gasteiger partial charge in [-0.05, 0) is 24.6 Å². The van der Waals surface area contributed by atoms with Crippen LogP contribution in [-0.4, -0.2) is 9.55 Å².